The molecule has 2 saturated heterocycles. The van der Waals surface area contributed by atoms with Crippen molar-refractivity contribution in [3.8, 4) is 0 Å². The minimum absolute atomic E-state index is 0.0551. The monoisotopic (exact) mass is 730 g/mol. The molecule has 3 N–H and O–H groups in total. The third-order valence-electron chi connectivity index (χ3n) is 8.06. The van der Waals surface area contributed by atoms with Gasteiger partial charge in [-0.3, -0.25) is 24.0 Å². The number of esters is 3. The normalized spacial score (nSPS) is 28.6. The maximum atomic E-state index is 12.6. The molecular formula is C36H46N2O14. The van der Waals surface area contributed by atoms with Crippen LogP contribution < -0.4 is 10.6 Å². The summed E-state index contributed by atoms with van der Waals surface area (Å²) >= 11 is 0. The standard InChI is InChI=1S/C36H46N2O14/c1-20(39)37-29-33(31(44)27(18-45-16-25-12-8-6-9-13-25)50-35(29)47-17-26-14-10-7-11-15-26)52-36-30(38-21(2)40)34(49-24(5)43)32(48-23(4)42)28(51-36)19-46-22(3)41/h6-15,27-36,44H,16-19H2,1-5H3,(H,37,39)(H,38,40)/t27-,28-,29-,30-,31-,32-,33-,34-,35-,36+/m1/s1. The smallest absolute Gasteiger partial charge is 0.303 e. The first-order valence-electron chi connectivity index (χ1n) is 16.8. The molecule has 2 aromatic carbocycles. The van der Waals surface area contributed by atoms with Gasteiger partial charge in [-0.2, -0.15) is 0 Å². The van der Waals surface area contributed by atoms with Crippen LogP contribution in [0, 0.1) is 0 Å². The van der Waals surface area contributed by atoms with Crippen molar-refractivity contribution in [1.82, 2.24) is 10.6 Å². The Hall–Kier alpha value is -4.45. The summed E-state index contributed by atoms with van der Waals surface area (Å²) in [6, 6.07) is 16.0. The number of amides is 2. The third-order valence-corrected chi connectivity index (χ3v) is 8.06. The lowest BCUT2D eigenvalue weighted by molar-refractivity contribution is -0.331. The molecule has 4 rings (SSSR count). The van der Waals surface area contributed by atoms with E-state index in [-0.39, 0.29) is 19.8 Å². The van der Waals surface area contributed by atoms with E-state index >= 15 is 0 Å². The summed E-state index contributed by atoms with van der Waals surface area (Å²) in [7, 11) is 0. The molecule has 2 fully saturated rings. The van der Waals surface area contributed by atoms with Crippen LogP contribution in [0.2, 0.25) is 0 Å². The van der Waals surface area contributed by atoms with E-state index in [9.17, 15) is 29.1 Å². The molecular weight excluding hydrogens is 684 g/mol. The zero-order chi connectivity index (χ0) is 37.8. The fourth-order valence-electron chi connectivity index (χ4n) is 5.93. The Balaban J connectivity index is 1.71. The maximum absolute atomic E-state index is 12.6. The number of aliphatic hydroxyl groups excluding tert-OH is 1. The van der Waals surface area contributed by atoms with Crippen LogP contribution in [0.4, 0.5) is 0 Å². The molecule has 0 spiro atoms. The zero-order valence-electron chi connectivity index (χ0n) is 29.6. The van der Waals surface area contributed by atoms with Gasteiger partial charge in [0.1, 0.15) is 43.1 Å². The van der Waals surface area contributed by atoms with Crippen LogP contribution in [0.5, 0.6) is 0 Å². The van der Waals surface area contributed by atoms with Gasteiger partial charge in [-0.05, 0) is 11.1 Å². The summed E-state index contributed by atoms with van der Waals surface area (Å²) in [5.74, 6) is -3.36. The molecule has 16 nitrogen and oxygen atoms in total. The molecule has 52 heavy (non-hydrogen) atoms. The highest BCUT2D eigenvalue weighted by Gasteiger charge is 2.55. The lowest BCUT2D eigenvalue weighted by Crippen LogP contribution is -2.70. The van der Waals surface area contributed by atoms with Crippen molar-refractivity contribution in [1.29, 1.82) is 0 Å². The average molecular weight is 731 g/mol. The Morgan fingerprint density at radius 2 is 1.15 bits per heavy atom. The molecule has 0 bridgehead atoms. The minimum Gasteiger partial charge on any atom is -0.463 e. The SMILES string of the molecule is CC(=O)N[C@H]1[C@H](O[C@H]2[C@H](O)[C@@H](COCc3ccccc3)O[C@@H](OCc3ccccc3)[C@@H]2NC(C)=O)O[C@H](COC(C)=O)[C@@H](OC(C)=O)[C@@H]1OC(C)=O. The van der Waals surface area contributed by atoms with Gasteiger partial charge >= 0.3 is 17.9 Å². The predicted molar refractivity (Wildman–Crippen MR) is 178 cm³/mol. The van der Waals surface area contributed by atoms with E-state index in [1.165, 1.54) is 13.8 Å². The van der Waals surface area contributed by atoms with E-state index in [1.807, 2.05) is 60.7 Å². The first-order valence-corrected chi connectivity index (χ1v) is 16.8. The van der Waals surface area contributed by atoms with Crippen LogP contribution in [0.3, 0.4) is 0 Å². The number of aliphatic hydroxyl groups is 1. The summed E-state index contributed by atoms with van der Waals surface area (Å²) in [4.78, 5) is 61.5. The minimum atomic E-state index is -1.56. The first kappa shape index (κ1) is 40.3. The van der Waals surface area contributed by atoms with Gasteiger partial charge in [-0.25, -0.2) is 0 Å². The van der Waals surface area contributed by atoms with Gasteiger partial charge in [0.05, 0.1) is 19.8 Å². The molecule has 284 valence electrons. The van der Waals surface area contributed by atoms with Crippen LogP contribution in [0.15, 0.2) is 60.7 Å². The highest BCUT2D eigenvalue weighted by molar-refractivity contribution is 5.74. The molecule has 2 heterocycles. The quantitative estimate of drug-likeness (QED) is 0.173. The van der Waals surface area contributed by atoms with Crippen LogP contribution in [-0.4, -0.2) is 109 Å². The number of carbonyl (C=O) groups excluding carboxylic acids is 5. The van der Waals surface area contributed by atoms with Crippen molar-refractivity contribution < 1.29 is 67.0 Å². The van der Waals surface area contributed by atoms with Gasteiger partial charge in [0.2, 0.25) is 11.8 Å². The van der Waals surface area contributed by atoms with Gasteiger partial charge in [0.15, 0.2) is 24.8 Å². The van der Waals surface area contributed by atoms with E-state index in [2.05, 4.69) is 10.6 Å². The van der Waals surface area contributed by atoms with Gasteiger partial charge in [-0.15, -0.1) is 0 Å². The van der Waals surface area contributed by atoms with E-state index in [0.717, 1.165) is 31.9 Å². The lowest BCUT2D eigenvalue weighted by Gasteiger charge is -2.49. The van der Waals surface area contributed by atoms with Crippen LogP contribution in [0.1, 0.15) is 45.7 Å². The maximum Gasteiger partial charge on any atom is 0.303 e. The van der Waals surface area contributed by atoms with E-state index in [4.69, 9.17) is 37.9 Å². The number of hydrogen-bond donors (Lipinski definition) is 3. The number of benzene rings is 2. The fraction of sp³-hybridized carbons (Fsp3) is 0.528. The highest BCUT2D eigenvalue weighted by atomic mass is 16.7. The number of ether oxygens (including phenoxy) is 8. The summed E-state index contributed by atoms with van der Waals surface area (Å²) in [6.07, 6.45) is -10.8. The second kappa shape index (κ2) is 19.4. The van der Waals surface area contributed by atoms with Gasteiger partial charge in [-0.1, -0.05) is 60.7 Å². The van der Waals surface area contributed by atoms with Crippen LogP contribution in [0.25, 0.3) is 0 Å². The van der Waals surface area contributed by atoms with Crippen LogP contribution in [-0.2, 0) is 75.1 Å². The molecule has 0 aromatic heterocycles. The number of rotatable bonds is 15. The second-order valence-corrected chi connectivity index (χ2v) is 12.4. The average Bonchev–Trinajstić information content (AvgIpc) is 3.08. The van der Waals surface area contributed by atoms with E-state index in [0.29, 0.717) is 0 Å². The topological polar surface area (TPSA) is 203 Å². The van der Waals surface area contributed by atoms with Crippen molar-refractivity contribution >= 4 is 29.7 Å². The number of nitrogens with one attached hydrogen (secondary N) is 2. The molecule has 2 amide bonds. The fourth-order valence-corrected chi connectivity index (χ4v) is 5.93. The molecule has 2 aromatic rings. The predicted octanol–water partition coefficient (Wildman–Crippen LogP) is 1.05. The lowest BCUT2D eigenvalue weighted by atomic mass is 9.94. The molecule has 2 aliphatic rings. The molecule has 0 radical (unpaired) electrons. The van der Waals surface area contributed by atoms with Crippen molar-refractivity contribution in [2.24, 2.45) is 0 Å². The summed E-state index contributed by atoms with van der Waals surface area (Å²) < 4.78 is 47.2. The molecule has 0 aliphatic carbocycles. The molecule has 0 unspecified atom stereocenters. The van der Waals surface area contributed by atoms with Crippen molar-refractivity contribution in [2.75, 3.05) is 13.2 Å². The Morgan fingerprint density at radius 3 is 1.69 bits per heavy atom. The van der Waals surface area contributed by atoms with Gasteiger partial charge < -0.3 is 53.6 Å². The number of hydrogen-bond acceptors (Lipinski definition) is 14. The zero-order valence-corrected chi connectivity index (χ0v) is 29.6. The van der Waals surface area contributed by atoms with E-state index in [1.54, 1.807) is 0 Å². The highest BCUT2D eigenvalue weighted by Crippen LogP contribution is 2.33. The summed E-state index contributed by atoms with van der Waals surface area (Å²) in [5.41, 5.74) is 1.67. The van der Waals surface area contributed by atoms with Crippen molar-refractivity contribution in [2.45, 2.75) is 109 Å². The largest absolute Gasteiger partial charge is 0.463 e. The van der Waals surface area contributed by atoms with Crippen molar-refractivity contribution in [3.63, 3.8) is 0 Å². The first-order chi connectivity index (χ1) is 24.8. The molecule has 16 heteroatoms. The second-order valence-electron chi connectivity index (χ2n) is 12.4. The summed E-state index contributed by atoms with van der Waals surface area (Å²) in [6.45, 7) is 5.51. The summed E-state index contributed by atoms with van der Waals surface area (Å²) in [5, 5.41) is 17.2. The Kier molecular flexibility index (Phi) is 15.0. The van der Waals surface area contributed by atoms with Crippen LogP contribution >= 0.6 is 0 Å². The number of carbonyl (C=O) groups is 5. The third kappa shape index (κ3) is 11.8. The molecule has 10 atom stereocenters. The van der Waals surface area contributed by atoms with E-state index < -0.39 is 97.6 Å². The van der Waals surface area contributed by atoms with Crippen molar-refractivity contribution in [3.05, 3.63) is 71.8 Å². The Morgan fingerprint density at radius 1 is 0.635 bits per heavy atom. The molecule has 0 saturated carbocycles. The Bertz CT molecular complexity index is 1490. The molecule has 2 aliphatic heterocycles. The van der Waals surface area contributed by atoms with Gasteiger partial charge in [0, 0.05) is 34.6 Å². The van der Waals surface area contributed by atoms with Gasteiger partial charge in [0.25, 0.3) is 0 Å². The Labute approximate surface area is 301 Å².